The van der Waals surface area contributed by atoms with Gasteiger partial charge in [-0.1, -0.05) is 0 Å². The summed E-state index contributed by atoms with van der Waals surface area (Å²) in [6.45, 7) is 1.32. The average molecular weight is 280 g/mol. The number of likely N-dealkylation sites (N-methyl/N-ethyl adjacent to an activating group) is 1. The number of benzene rings is 1. The molecule has 0 radical (unpaired) electrons. The third-order valence-corrected chi connectivity index (χ3v) is 3.97. The zero-order valence-electron chi connectivity index (χ0n) is 10.9. The molecule has 1 aliphatic rings. The first-order valence-electron chi connectivity index (χ1n) is 5.94. The maximum atomic E-state index is 12.0. The standard InChI is InChI=1S/C13H16N2O3S/c1-14(2)5-6-15-10-7-9(13(17)18)3-4-11(10)19-8-12(15)16/h3-4,7H,5-6,8H2,1-2H3,(H,17,18). The van der Waals surface area contributed by atoms with Crippen molar-refractivity contribution in [1.29, 1.82) is 0 Å². The Kier molecular flexibility index (Phi) is 4.11. The molecule has 1 N–H and O–H groups in total. The molecule has 1 amide bonds. The van der Waals surface area contributed by atoms with Crippen molar-refractivity contribution in [3.05, 3.63) is 23.8 Å². The molecule has 0 fully saturated rings. The van der Waals surface area contributed by atoms with Gasteiger partial charge in [-0.15, -0.1) is 11.8 Å². The molecule has 2 rings (SSSR count). The number of anilines is 1. The summed E-state index contributed by atoms with van der Waals surface area (Å²) in [5.41, 5.74) is 0.923. The number of rotatable bonds is 4. The molecule has 0 unspecified atom stereocenters. The number of thioether (sulfide) groups is 1. The van der Waals surface area contributed by atoms with Crippen LogP contribution in [0.3, 0.4) is 0 Å². The number of carboxylic acids is 1. The van der Waals surface area contributed by atoms with E-state index in [0.717, 1.165) is 11.4 Å². The molecule has 0 aromatic heterocycles. The van der Waals surface area contributed by atoms with Crippen molar-refractivity contribution >= 4 is 29.3 Å². The SMILES string of the molecule is CN(C)CCN1C(=O)CSc2ccc(C(=O)O)cc21. The molecule has 0 saturated heterocycles. The minimum Gasteiger partial charge on any atom is -0.478 e. The first kappa shape index (κ1) is 13.9. The van der Waals surface area contributed by atoms with E-state index in [1.54, 1.807) is 23.1 Å². The summed E-state index contributed by atoms with van der Waals surface area (Å²) in [5.74, 6) is -0.535. The second kappa shape index (κ2) is 5.63. The molecule has 5 nitrogen and oxygen atoms in total. The molecule has 0 spiro atoms. The summed E-state index contributed by atoms with van der Waals surface area (Å²) in [5, 5.41) is 9.04. The lowest BCUT2D eigenvalue weighted by molar-refractivity contribution is -0.116. The smallest absolute Gasteiger partial charge is 0.335 e. The minimum absolute atomic E-state index is 0.0295. The fourth-order valence-electron chi connectivity index (χ4n) is 1.88. The number of hydrogen-bond donors (Lipinski definition) is 1. The highest BCUT2D eigenvalue weighted by Gasteiger charge is 2.25. The van der Waals surface area contributed by atoms with E-state index in [1.807, 2.05) is 19.0 Å². The average Bonchev–Trinajstić information content (AvgIpc) is 2.36. The second-order valence-corrected chi connectivity index (χ2v) is 5.64. The van der Waals surface area contributed by atoms with Gasteiger partial charge in [-0.2, -0.15) is 0 Å². The van der Waals surface area contributed by atoms with Crippen LogP contribution < -0.4 is 4.90 Å². The molecular formula is C13H16N2O3S. The summed E-state index contributed by atoms with van der Waals surface area (Å²) >= 11 is 1.46. The van der Waals surface area contributed by atoms with Gasteiger partial charge in [0.05, 0.1) is 17.0 Å². The maximum absolute atomic E-state index is 12.0. The van der Waals surface area contributed by atoms with Gasteiger partial charge in [-0.05, 0) is 32.3 Å². The lowest BCUT2D eigenvalue weighted by atomic mass is 10.2. The van der Waals surface area contributed by atoms with Crippen molar-refractivity contribution in [3.8, 4) is 0 Å². The molecule has 0 atom stereocenters. The number of hydrogen-bond acceptors (Lipinski definition) is 4. The highest BCUT2D eigenvalue weighted by molar-refractivity contribution is 8.00. The van der Waals surface area contributed by atoms with Crippen LogP contribution in [0.25, 0.3) is 0 Å². The number of fused-ring (bicyclic) bond motifs is 1. The Hall–Kier alpha value is -1.53. The molecule has 6 heteroatoms. The second-order valence-electron chi connectivity index (χ2n) is 4.62. The van der Waals surface area contributed by atoms with E-state index in [9.17, 15) is 9.59 Å². The van der Waals surface area contributed by atoms with Crippen LogP contribution in [0.1, 0.15) is 10.4 Å². The number of carbonyl (C=O) groups is 2. The van der Waals surface area contributed by atoms with Crippen molar-refractivity contribution in [2.75, 3.05) is 37.8 Å². The van der Waals surface area contributed by atoms with Gasteiger partial charge in [-0.3, -0.25) is 4.79 Å². The van der Waals surface area contributed by atoms with Gasteiger partial charge in [-0.25, -0.2) is 4.79 Å². The zero-order valence-corrected chi connectivity index (χ0v) is 11.7. The van der Waals surface area contributed by atoms with Crippen LogP contribution in [-0.2, 0) is 4.79 Å². The Balaban J connectivity index is 2.32. The summed E-state index contributed by atoms with van der Waals surface area (Å²) in [7, 11) is 3.88. The van der Waals surface area contributed by atoms with Crippen molar-refractivity contribution in [3.63, 3.8) is 0 Å². The Morgan fingerprint density at radius 1 is 1.47 bits per heavy atom. The van der Waals surface area contributed by atoms with Crippen LogP contribution in [0.4, 0.5) is 5.69 Å². The van der Waals surface area contributed by atoms with Crippen LogP contribution in [0.15, 0.2) is 23.1 Å². The molecular weight excluding hydrogens is 264 g/mol. The van der Waals surface area contributed by atoms with Crippen molar-refractivity contribution in [1.82, 2.24) is 4.90 Å². The number of carbonyl (C=O) groups excluding carboxylic acids is 1. The molecule has 0 aliphatic carbocycles. The van der Waals surface area contributed by atoms with Gasteiger partial charge in [0.2, 0.25) is 5.91 Å². The van der Waals surface area contributed by atoms with Gasteiger partial charge in [0.1, 0.15) is 0 Å². The van der Waals surface area contributed by atoms with E-state index in [0.29, 0.717) is 18.0 Å². The maximum Gasteiger partial charge on any atom is 0.335 e. The number of amides is 1. The fourth-order valence-corrected chi connectivity index (χ4v) is 2.80. The van der Waals surface area contributed by atoms with Gasteiger partial charge >= 0.3 is 5.97 Å². The first-order valence-corrected chi connectivity index (χ1v) is 6.93. The molecule has 102 valence electrons. The van der Waals surface area contributed by atoms with Gasteiger partial charge in [0.25, 0.3) is 0 Å². The van der Waals surface area contributed by atoms with Crippen LogP contribution in [0.5, 0.6) is 0 Å². The Morgan fingerprint density at radius 2 is 2.21 bits per heavy atom. The molecule has 1 aromatic carbocycles. The molecule has 1 heterocycles. The highest BCUT2D eigenvalue weighted by Crippen LogP contribution is 2.35. The predicted molar refractivity (Wildman–Crippen MR) is 75.0 cm³/mol. The normalized spacial score (nSPS) is 14.7. The lowest BCUT2D eigenvalue weighted by Crippen LogP contribution is -2.40. The van der Waals surface area contributed by atoms with Crippen LogP contribution in [0.2, 0.25) is 0 Å². The van der Waals surface area contributed by atoms with E-state index < -0.39 is 5.97 Å². The number of nitrogens with zero attached hydrogens (tertiary/aromatic N) is 2. The number of carboxylic acid groups (broad SMARTS) is 1. The van der Waals surface area contributed by atoms with Crippen LogP contribution in [-0.4, -0.2) is 54.8 Å². The van der Waals surface area contributed by atoms with Gasteiger partial charge in [0, 0.05) is 18.0 Å². The summed E-state index contributed by atoms with van der Waals surface area (Å²) < 4.78 is 0. The van der Waals surface area contributed by atoms with Gasteiger partial charge < -0.3 is 14.9 Å². The third-order valence-electron chi connectivity index (χ3n) is 2.92. The minimum atomic E-state index is -0.974. The van der Waals surface area contributed by atoms with Crippen LogP contribution in [0, 0.1) is 0 Å². The lowest BCUT2D eigenvalue weighted by Gasteiger charge is -2.30. The molecule has 0 saturated carbocycles. The van der Waals surface area contributed by atoms with E-state index in [-0.39, 0.29) is 11.5 Å². The predicted octanol–water partition coefficient (Wildman–Crippen LogP) is 1.39. The molecule has 1 aliphatic heterocycles. The third kappa shape index (κ3) is 3.08. The Morgan fingerprint density at radius 3 is 2.84 bits per heavy atom. The van der Waals surface area contributed by atoms with E-state index >= 15 is 0 Å². The first-order chi connectivity index (χ1) is 8.99. The summed E-state index contributed by atoms with van der Waals surface area (Å²) in [6.07, 6.45) is 0. The quantitative estimate of drug-likeness (QED) is 0.903. The summed E-state index contributed by atoms with van der Waals surface area (Å²) in [4.78, 5) is 27.6. The topological polar surface area (TPSA) is 60.9 Å². The zero-order chi connectivity index (χ0) is 14.0. The highest BCUT2D eigenvalue weighted by atomic mass is 32.2. The molecule has 0 bridgehead atoms. The largest absolute Gasteiger partial charge is 0.478 e. The van der Waals surface area contributed by atoms with Gasteiger partial charge in [0.15, 0.2) is 0 Å². The van der Waals surface area contributed by atoms with E-state index in [4.69, 9.17) is 5.11 Å². The number of aromatic carboxylic acids is 1. The summed E-state index contributed by atoms with van der Waals surface area (Å²) in [6, 6.07) is 4.93. The van der Waals surface area contributed by atoms with E-state index in [2.05, 4.69) is 0 Å². The molecule has 1 aromatic rings. The van der Waals surface area contributed by atoms with Crippen molar-refractivity contribution in [2.45, 2.75) is 4.90 Å². The monoisotopic (exact) mass is 280 g/mol. The van der Waals surface area contributed by atoms with Crippen molar-refractivity contribution in [2.24, 2.45) is 0 Å². The fraction of sp³-hybridized carbons (Fsp3) is 0.385. The molecule has 19 heavy (non-hydrogen) atoms. The Bertz CT molecular complexity index is 517. The van der Waals surface area contributed by atoms with E-state index in [1.165, 1.54) is 11.8 Å². The van der Waals surface area contributed by atoms with Crippen LogP contribution >= 0.6 is 11.8 Å². The Labute approximate surface area is 116 Å². The van der Waals surface area contributed by atoms with Crippen molar-refractivity contribution < 1.29 is 14.7 Å².